The molecule has 0 bridgehead atoms. The van der Waals surface area contributed by atoms with E-state index in [-0.39, 0.29) is 17.8 Å². The van der Waals surface area contributed by atoms with Crippen LogP contribution in [-0.4, -0.2) is 25.7 Å². The Morgan fingerprint density at radius 3 is 2.77 bits per heavy atom. The Bertz CT molecular complexity index is 1220. The summed E-state index contributed by atoms with van der Waals surface area (Å²) in [6, 6.07) is 9.41. The number of rotatable bonds is 6. The topological polar surface area (TPSA) is 72.7 Å². The molecule has 4 aromatic rings. The molecule has 0 saturated heterocycles. The fraction of sp³-hybridized carbons (Fsp3) is 0.0909. The average Bonchev–Trinajstić information content (AvgIpc) is 3.18. The van der Waals surface area contributed by atoms with Gasteiger partial charge in [0.1, 0.15) is 10.4 Å². The highest BCUT2D eigenvalue weighted by Crippen LogP contribution is 2.24. The molecule has 1 atom stereocenters. The second-order valence-electron chi connectivity index (χ2n) is 6.61. The van der Waals surface area contributed by atoms with Crippen LogP contribution in [0, 0.1) is 5.82 Å². The number of pyridine rings is 2. The summed E-state index contributed by atoms with van der Waals surface area (Å²) in [6.45, 7) is 3.79. The Balaban J connectivity index is 1.67. The summed E-state index contributed by atoms with van der Waals surface area (Å²) < 4.78 is 15.6. The predicted octanol–water partition coefficient (Wildman–Crippen LogP) is 4.76. The van der Waals surface area contributed by atoms with Crippen LogP contribution in [-0.2, 0) is 0 Å². The van der Waals surface area contributed by atoms with E-state index in [1.54, 1.807) is 41.5 Å². The van der Waals surface area contributed by atoms with E-state index >= 15 is 0 Å². The minimum absolute atomic E-state index is 0.267. The van der Waals surface area contributed by atoms with E-state index in [1.807, 2.05) is 12.1 Å². The fourth-order valence-electron chi connectivity index (χ4n) is 3.23. The molecule has 3 heterocycles. The highest BCUT2D eigenvalue weighted by molar-refractivity contribution is 9.10. The van der Waals surface area contributed by atoms with Crippen molar-refractivity contribution in [1.82, 2.24) is 25.1 Å². The van der Waals surface area contributed by atoms with Crippen LogP contribution in [0.3, 0.4) is 0 Å². The van der Waals surface area contributed by atoms with Crippen LogP contribution in [0.2, 0.25) is 0 Å². The van der Waals surface area contributed by atoms with Gasteiger partial charge in [-0.15, -0.1) is 6.58 Å². The number of carbonyl (C=O) groups excluding carboxylic acids is 1. The number of benzene rings is 1. The summed E-state index contributed by atoms with van der Waals surface area (Å²) in [7, 11) is 0. The molecule has 150 valence electrons. The number of hydrogen-bond donors (Lipinski definition) is 1. The van der Waals surface area contributed by atoms with E-state index in [2.05, 4.69) is 42.9 Å². The number of amides is 1. The number of nitrogens with one attached hydrogen (secondary N) is 1. The Morgan fingerprint density at radius 1 is 1.23 bits per heavy atom. The largest absolute Gasteiger partial charge is 0.345 e. The number of hydrogen-bond acceptors (Lipinski definition) is 4. The molecule has 0 radical (unpaired) electrons. The molecule has 0 saturated carbocycles. The standard InChI is InChI=1S/C22H17BrFN5O/c1-2-3-19(14-8-9-26-21(23)10-14)28-22(30)18-11-25-13-20-17(18)12-27-29(20)16-6-4-15(24)5-7-16/h2,4-13,19H,1,3H2,(H,28,30)/t19-/m0/s1. The van der Waals surface area contributed by atoms with Crippen molar-refractivity contribution in [1.29, 1.82) is 0 Å². The van der Waals surface area contributed by atoms with Crippen LogP contribution in [0.4, 0.5) is 4.39 Å². The Morgan fingerprint density at radius 2 is 2.03 bits per heavy atom. The van der Waals surface area contributed by atoms with Crippen molar-refractivity contribution in [2.45, 2.75) is 12.5 Å². The molecule has 0 aliphatic carbocycles. The van der Waals surface area contributed by atoms with Gasteiger partial charge in [0.25, 0.3) is 5.91 Å². The van der Waals surface area contributed by atoms with E-state index in [1.165, 1.54) is 18.3 Å². The molecule has 6 nitrogen and oxygen atoms in total. The van der Waals surface area contributed by atoms with Gasteiger partial charge in [-0.05, 0) is 64.3 Å². The highest BCUT2D eigenvalue weighted by atomic mass is 79.9. The normalized spacial score (nSPS) is 11.9. The molecule has 1 N–H and O–H groups in total. The van der Waals surface area contributed by atoms with Crippen LogP contribution in [0.5, 0.6) is 0 Å². The van der Waals surface area contributed by atoms with Crippen LogP contribution in [0.15, 0.2) is 78.4 Å². The minimum Gasteiger partial charge on any atom is -0.345 e. The van der Waals surface area contributed by atoms with Gasteiger partial charge in [0.05, 0.1) is 35.2 Å². The van der Waals surface area contributed by atoms with E-state index < -0.39 is 0 Å². The minimum atomic E-state index is -0.329. The van der Waals surface area contributed by atoms with Crippen molar-refractivity contribution in [3.63, 3.8) is 0 Å². The lowest BCUT2D eigenvalue weighted by Gasteiger charge is -2.18. The van der Waals surface area contributed by atoms with E-state index in [4.69, 9.17) is 0 Å². The highest BCUT2D eigenvalue weighted by Gasteiger charge is 2.19. The van der Waals surface area contributed by atoms with Crippen molar-refractivity contribution >= 4 is 32.7 Å². The first-order valence-corrected chi connectivity index (χ1v) is 9.97. The number of carbonyl (C=O) groups is 1. The third kappa shape index (κ3) is 3.99. The quantitative estimate of drug-likeness (QED) is 0.329. The third-order valence-corrected chi connectivity index (χ3v) is 5.11. The molecule has 0 unspecified atom stereocenters. The third-order valence-electron chi connectivity index (χ3n) is 4.67. The molecule has 0 aliphatic rings. The summed E-state index contributed by atoms with van der Waals surface area (Å²) in [4.78, 5) is 21.4. The van der Waals surface area contributed by atoms with Gasteiger partial charge in [0.2, 0.25) is 0 Å². The summed E-state index contributed by atoms with van der Waals surface area (Å²) in [5.41, 5.74) is 2.65. The van der Waals surface area contributed by atoms with Gasteiger partial charge in [-0.25, -0.2) is 14.1 Å². The fourth-order valence-corrected chi connectivity index (χ4v) is 3.61. The molecule has 1 aromatic carbocycles. The lowest BCUT2D eigenvalue weighted by atomic mass is 10.0. The summed E-state index contributed by atoms with van der Waals surface area (Å²) in [5.74, 6) is -0.601. The second-order valence-corrected chi connectivity index (χ2v) is 7.43. The van der Waals surface area contributed by atoms with Crippen molar-refractivity contribution in [3.8, 4) is 5.69 Å². The number of halogens is 2. The Labute approximate surface area is 180 Å². The molecule has 0 fully saturated rings. The van der Waals surface area contributed by atoms with Gasteiger partial charge >= 0.3 is 0 Å². The Hall–Kier alpha value is -3.39. The first kappa shape index (κ1) is 19.9. The smallest absolute Gasteiger partial charge is 0.254 e. The number of fused-ring (bicyclic) bond motifs is 1. The van der Waals surface area contributed by atoms with Crippen molar-refractivity contribution in [2.75, 3.05) is 0 Å². The lowest BCUT2D eigenvalue weighted by Crippen LogP contribution is -2.28. The Kier molecular flexibility index (Phi) is 5.67. The predicted molar refractivity (Wildman–Crippen MR) is 116 cm³/mol. The maximum absolute atomic E-state index is 13.3. The maximum Gasteiger partial charge on any atom is 0.254 e. The van der Waals surface area contributed by atoms with Crippen LogP contribution >= 0.6 is 15.9 Å². The van der Waals surface area contributed by atoms with Gasteiger partial charge < -0.3 is 5.32 Å². The van der Waals surface area contributed by atoms with Crippen LogP contribution in [0.25, 0.3) is 16.6 Å². The monoisotopic (exact) mass is 465 g/mol. The molecule has 0 aliphatic heterocycles. The van der Waals surface area contributed by atoms with Crippen LogP contribution in [0.1, 0.15) is 28.4 Å². The maximum atomic E-state index is 13.3. The molecule has 1 amide bonds. The number of nitrogens with zero attached hydrogens (tertiary/aromatic N) is 4. The van der Waals surface area contributed by atoms with Gasteiger partial charge in [-0.1, -0.05) is 6.08 Å². The summed E-state index contributed by atoms with van der Waals surface area (Å²) in [6.07, 6.45) is 8.74. The number of aromatic nitrogens is 4. The van der Waals surface area contributed by atoms with Crippen LogP contribution < -0.4 is 5.32 Å². The van der Waals surface area contributed by atoms with E-state index in [0.29, 0.717) is 33.2 Å². The summed E-state index contributed by atoms with van der Waals surface area (Å²) >= 11 is 3.36. The van der Waals surface area contributed by atoms with E-state index in [0.717, 1.165) is 5.56 Å². The van der Waals surface area contributed by atoms with E-state index in [9.17, 15) is 9.18 Å². The molecule has 0 spiro atoms. The van der Waals surface area contributed by atoms with Crippen molar-refractivity contribution in [3.05, 3.63) is 95.4 Å². The zero-order valence-corrected chi connectivity index (χ0v) is 17.4. The molecule has 3 aromatic heterocycles. The molecular formula is C22H17BrFN5O. The zero-order chi connectivity index (χ0) is 21.1. The first-order valence-electron chi connectivity index (χ1n) is 9.17. The molecule has 4 rings (SSSR count). The first-order chi connectivity index (χ1) is 14.6. The zero-order valence-electron chi connectivity index (χ0n) is 15.8. The van der Waals surface area contributed by atoms with Gasteiger partial charge in [0.15, 0.2) is 0 Å². The molecular weight excluding hydrogens is 449 g/mol. The van der Waals surface area contributed by atoms with Crippen molar-refractivity contribution < 1.29 is 9.18 Å². The van der Waals surface area contributed by atoms with Gasteiger partial charge in [-0.3, -0.25) is 9.78 Å². The van der Waals surface area contributed by atoms with Crippen molar-refractivity contribution in [2.24, 2.45) is 0 Å². The SMILES string of the molecule is C=CC[C@H](NC(=O)c1cncc2c1cnn2-c1ccc(F)cc1)c1ccnc(Br)c1. The summed E-state index contributed by atoms with van der Waals surface area (Å²) in [5, 5.41) is 8.06. The average molecular weight is 466 g/mol. The second kappa shape index (κ2) is 8.54. The molecule has 8 heteroatoms. The van der Waals surface area contributed by atoms with Gasteiger partial charge in [-0.2, -0.15) is 5.10 Å². The lowest BCUT2D eigenvalue weighted by molar-refractivity contribution is 0.0938. The molecule has 30 heavy (non-hydrogen) atoms. The van der Waals surface area contributed by atoms with Gasteiger partial charge in [0, 0.05) is 17.8 Å².